The number of ether oxygens (including phenoxy) is 2. The van der Waals surface area contributed by atoms with Gasteiger partial charge in [0.05, 0.1) is 19.8 Å². The molecule has 0 radical (unpaired) electrons. The van der Waals surface area contributed by atoms with Gasteiger partial charge in [0.1, 0.15) is 5.75 Å². The summed E-state index contributed by atoms with van der Waals surface area (Å²) < 4.78 is 17.3. The molecule has 3 nitrogen and oxygen atoms in total. The van der Waals surface area contributed by atoms with Gasteiger partial charge in [-0.2, -0.15) is 0 Å². The molecule has 1 rings (SSSR count). The van der Waals surface area contributed by atoms with Gasteiger partial charge in [-0.05, 0) is 55.1 Å². The molecular formula is C21H36O3Si. The highest BCUT2D eigenvalue weighted by Crippen LogP contribution is 2.37. The number of unbranched alkanes of at least 4 members (excludes halogenated alkanes) is 1. The van der Waals surface area contributed by atoms with Crippen LogP contribution in [0.4, 0.5) is 0 Å². The van der Waals surface area contributed by atoms with Crippen LogP contribution in [0.25, 0.3) is 0 Å². The summed E-state index contributed by atoms with van der Waals surface area (Å²) >= 11 is 0. The van der Waals surface area contributed by atoms with Gasteiger partial charge in [0, 0.05) is 6.61 Å². The van der Waals surface area contributed by atoms with Crippen LogP contribution < -0.4 is 4.74 Å². The number of hydrogen-bond donors (Lipinski definition) is 0. The summed E-state index contributed by atoms with van der Waals surface area (Å²) in [6, 6.07) is 8.01. The van der Waals surface area contributed by atoms with Crippen LogP contribution in [0, 0.1) is 0 Å². The van der Waals surface area contributed by atoms with E-state index in [0.717, 1.165) is 31.6 Å². The molecule has 0 amide bonds. The fourth-order valence-corrected chi connectivity index (χ4v) is 3.57. The van der Waals surface area contributed by atoms with Gasteiger partial charge in [-0.3, -0.25) is 0 Å². The van der Waals surface area contributed by atoms with Crippen molar-refractivity contribution in [2.75, 3.05) is 13.7 Å². The lowest BCUT2D eigenvalue weighted by molar-refractivity contribution is 0.113. The van der Waals surface area contributed by atoms with Crippen molar-refractivity contribution < 1.29 is 13.9 Å². The second-order valence-electron chi connectivity index (χ2n) is 8.05. The molecule has 0 aliphatic rings. The Balaban J connectivity index is 2.23. The minimum absolute atomic E-state index is 0.155. The summed E-state index contributed by atoms with van der Waals surface area (Å²) in [5.41, 5.74) is 1.17. The number of rotatable bonds is 11. The predicted molar refractivity (Wildman–Crippen MR) is 109 cm³/mol. The molecule has 0 aliphatic carbocycles. The van der Waals surface area contributed by atoms with Crippen molar-refractivity contribution >= 4 is 8.32 Å². The zero-order chi connectivity index (χ0) is 18.9. The third-order valence-corrected chi connectivity index (χ3v) is 9.47. The quantitative estimate of drug-likeness (QED) is 0.275. The molecule has 0 heterocycles. The van der Waals surface area contributed by atoms with Gasteiger partial charge in [0.25, 0.3) is 0 Å². The predicted octanol–water partition coefficient (Wildman–Crippen LogP) is 5.96. The second kappa shape index (κ2) is 10.1. The van der Waals surface area contributed by atoms with Crippen LogP contribution in [0.2, 0.25) is 18.1 Å². The molecule has 0 bridgehead atoms. The van der Waals surface area contributed by atoms with E-state index >= 15 is 0 Å². The third kappa shape index (κ3) is 7.76. The molecule has 25 heavy (non-hydrogen) atoms. The standard InChI is InChI=1S/C21H36O3Si/c1-8-19(24-25(6,7)21(2,3)4)11-9-10-16-23-17-18-12-14-20(22-5)15-13-18/h8,12-15,19H,1,9-11,16-17H2,2-7H3/t19-/m0/s1. The first-order valence-electron chi connectivity index (χ1n) is 9.20. The molecule has 4 heteroatoms. The Labute approximate surface area is 155 Å². The van der Waals surface area contributed by atoms with Gasteiger partial charge >= 0.3 is 0 Å². The van der Waals surface area contributed by atoms with Crippen LogP contribution in [0.5, 0.6) is 5.75 Å². The highest BCUT2D eigenvalue weighted by molar-refractivity contribution is 6.74. The van der Waals surface area contributed by atoms with Gasteiger partial charge < -0.3 is 13.9 Å². The van der Waals surface area contributed by atoms with E-state index in [9.17, 15) is 0 Å². The Kier molecular flexibility index (Phi) is 8.90. The average molecular weight is 365 g/mol. The largest absolute Gasteiger partial charge is 0.497 e. The summed E-state index contributed by atoms with van der Waals surface area (Å²) in [5.74, 6) is 0.876. The van der Waals surface area contributed by atoms with Gasteiger partial charge in [-0.1, -0.05) is 39.0 Å². The lowest BCUT2D eigenvalue weighted by atomic mass is 10.1. The van der Waals surface area contributed by atoms with E-state index < -0.39 is 8.32 Å². The molecular weight excluding hydrogens is 328 g/mol. The number of benzene rings is 1. The first-order valence-corrected chi connectivity index (χ1v) is 12.1. The Morgan fingerprint density at radius 3 is 2.28 bits per heavy atom. The Morgan fingerprint density at radius 1 is 1.12 bits per heavy atom. The number of hydrogen-bond acceptors (Lipinski definition) is 3. The normalized spacial score (nSPS) is 13.5. The minimum atomic E-state index is -1.73. The maximum absolute atomic E-state index is 6.42. The summed E-state index contributed by atoms with van der Waals surface area (Å²) in [6.07, 6.45) is 5.26. The molecule has 0 saturated heterocycles. The van der Waals surface area contributed by atoms with E-state index in [0.29, 0.717) is 6.61 Å². The molecule has 0 spiro atoms. The molecule has 1 aromatic carbocycles. The van der Waals surface area contributed by atoms with Gasteiger partial charge in [0.2, 0.25) is 0 Å². The second-order valence-corrected chi connectivity index (χ2v) is 12.8. The first kappa shape index (κ1) is 21.9. The molecule has 142 valence electrons. The smallest absolute Gasteiger partial charge is 0.192 e. The van der Waals surface area contributed by atoms with Gasteiger partial charge in [0.15, 0.2) is 8.32 Å². The van der Waals surface area contributed by atoms with Crippen molar-refractivity contribution in [3.63, 3.8) is 0 Å². The fraction of sp³-hybridized carbons (Fsp3) is 0.619. The van der Waals surface area contributed by atoms with Crippen molar-refractivity contribution in [2.24, 2.45) is 0 Å². The first-order chi connectivity index (χ1) is 11.7. The van der Waals surface area contributed by atoms with E-state index in [-0.39, 0.29) is 11.1 Å². The maximum Gasteiger partial charge on any atom is 0.192 e. The van der Waals surface area contributed by atoms with Crippen molar-refractivity contribution in [3.8, 4) is 5.75 Å². The molecule has 1 aromatic rings. The SMILES string of the molecule is C=C[C@@H](CCCCOCc1ccc(OC)cc1)O[Si](C)(C)C(C)(C)C. The van der Waals surface area contributed by atoms with Crippen LogP contribution >= 0.6 is 0 Å². The van der Waals surface area contributed by atoms with E-state index in [2.05, 4.69) is 40.4 Å². The minimum Gasteiger partial charge on any atom is -0.497 e. The van der Waals surface area contributed by atoms with E-state index in [1.165, 1.54) is 5.56 Å². The van der Waals surface area contributed by atoms with Gasteiger partial charge in [-0.25, -0.2) is 0 Å². The molecule has 0 aromatic heterocycles. The maximum atomic E-state index is 6.42. The van der Waals surface area contributed by atoms with E-state index in [1.54, 1.807) is 7.11 Å². The summed E-state index contributed by atoms with van der Waals surface area (Å²) in [5, 5.41) is 0.232. The number of methoxy groups -OCH3 is 1. The van der Waals surface area contributed by atoms with Gasteiger partial charge in [-0.15, -0.1) is 6.58 Å². The van der Waals surface area contributed by atoms with Crippen molar-refractivity contribution in [3.05, 3.63) is 42.5 Å². The van der Waals surface area contributed by atoms with Crippen LogP contribution in [-0.2, 0) is 15.8 Å². The fourth-order valence-electron chi connectivity index (χ4n) is 2.24. The molecule has 0 saturated carbocycles. The zero-order valence-corrected chi connectivity index (χ0v) is 17.9. The van der Waals surface area contributed by atoms with Crippen LogP contribution in [0.15, 0.2) is 36.9 Å². The molecule has 0 N–H and O–H groups in total. The summed E-state index contributed by atoms with van der Waals surface area (Å²) in [6.45, 7) is 16.8. The zero-order valence-electron chi connectivity index (χ0n) is 16.9. The summed E-state index contributed by atoms with van der Waals surface area (Å²) in [4.78, 5) is 0. The van der Waals surface area contributed by atoms with Crippen LogP contribution in [0.1, 0.15) is 45.6 Å². The highest BCUT2D eigenvalue weighted by Gasteiger charge is 2.38. The van der Waals surface area contributed by atoms with Crippen molar-refractivity contribution in [1.82, 2.24) is 0 Å². The van der Waals surface area contributed by atoms with Crippen LogP contribution in [0.3, 0.4) is 0 Å². The average Bonchev–Trinajstić information content (AvgIpc) is 2.56. The van der Waals surface area contributed by atoms with Crippen molar-refractivity contribution in [1.29, 1.82) is 0 Å². The van der Waals surface area contributed by atoms with E-state index in [4.69, 9.17) is 13.9 Å². The highest BCUT2D eigenvalue weighted by atomic mass is 28.4. The molecule has 1 atom stereocenters. The Hall–Kier alpha value is -1.10. The van der Waals surface area contributed by atoms with E-state index in [1.807, 2.05) is 30.3 Å². The Bertz CT molecular complexity index is 503. The van der Waals surface area contributed by atoms with Crippen molar-refractivity contribution in [2.45, 2.75) is 70.9 Å². The molecule has 0 fully saturated rings. The Morgan fingerprint density at radius 2 is 1.76 bits per heavy atom. The molecule has 0 unspecified atom stereocenters. The molecule has 0 aliphatic heterocycles. The van der Waals surface area contributed by atoms with Crippen LogP contribution in [-0.4, -0.2) is 28.1 Å². The summed E-state index contributed by atoms with van der Waals surface area (Å²) in [7, 11) is -0.0517. The lowest BCUT2D eigenvalue weighted by Gasteiger charge is -2.38. The third-order valence-electron chi connectivity index (χ3n) is 4.97. The topological polar surface area (TPSA) is 27.7 Å². The lowest BCUT2D eigenvalue weighted by Crippen LogP contribution is -2.43. The monoisotopic (exact) mass is 364 g/mol.